The highest BCUT2D eigenvalue weighted by Crippen LogP contribution is 2.30. The zero-order valence-corrected chi connectivity index (χ0v) is 8.35. The number of ether oxygens (including phenoxy) is 1. The number of nitrogens with one attached hydrogen (secondary N) is 1. The minimum absolute atomic E-state index is 0.588. The van der Waals surface area contributed by atoms with Gasteiger partial charge in [-0.3, -0.25) is 0 Å². The second-order valence-electron chi connectivity index (χ2n) is 3.64. The molecule has 1 atom stereocenters. The number of hydrogen-bond acceptors (Lipinski definition) is 2. The molecule has 70 valence electrons. The maximum atomic E-state index is 5.26. The van der Waals surface area contributed by atoms with Crippen molar-refractivity contribution in [1.82, 2.24) is 5.32 Å². The zero-order chi connectivity index (χ0) is 9.42. The first kappa shape index (κ1) is 8.57. The lowest BCUT2D eigenvalue weighted by Crippen LogP contribution is -1.94. The Morgan fingerprint density at radius 2 is 2.00 bits per heavy atom. The number of benzene rings is 1. The lowest BCUT2D eigenvalue weighted by atomic mass is 10.0. The number of hydrogen-bond donors (Lipinski definition) is 1. The summed E-state index contributed by atoms with van der Waals surface area (Å²) in [4.78, 5) is 0. The fraction of sp³-hybridized carbons (Fsp3) is 0.455. The Morgan fingerprint density at radius 1 is 1.31 bits per heavy atom. The Hall–Kier alpha value is -1.02. The van der Waals surface area contributed by atoms with Crippen LogP contribution in [0.3, 0.4) is 0 Å². The van der Waals surface area contributed by atoms with Crippen LogP contribution in [-0.2, 0) is 0 Å². The Bertz CT molecular complexity index is 329. The summed E-state index contributed by atoms with van der Waals surface area (Å²) in [5, 5.41) is 3.32. The quantitative estimate of drug-likeness (QED) is 0.700. The minimum Gasteiger partial charge on any atom is -0.496 e. The summed E-state index contributed by atoms with van der Waals surface area (Å²) in [6.07, 6.45) is 0. The summed E-state index contributed by atoms with van der Waals surface area (Å²) in [6.45, 7) is 5.34. The first-order valence-corrected chi connectivity index (χ1v) is 4.61. The summed E-state index contributed by atoms with van der Waals surface area (Å²) in [5.41, 5.74) is 3.95. The van der Waals surface area contributed by atoms with Crippen molar-refractivity contribution in [3.63, 3.8) is 0 Å². The van der Waals surface area contributed by atoms with Gasteiger partial charge in [0.25, 0.3) is 0 Å². The number of aryl methyl sites for hydroxylation is 2. The molecule has 1 heterocycles. The van der Waals surface area contributed by atoms with Gasteiger partial charge < -0.3 is 10.1 Å². The summed E-state index contributed by atoms with van der Waals surface area (Å²) < 4.78 is 5.26. The van der Waals surface area contributed by atoms with E-state index in [2.05, 4.69) is 31.3 Å². The topological polar surface area (TPSA) is 31.2 Å². The van der Waals surface area contributed by atoms with Gasteiger partial charge in [-0.2, -0.15) is 0 Å². The van der Waals surface area contributed by atoms with Crippen LogP contribution in [-0.4, -0.2) is 13.7 Å². The normalized spacial score (nSPS) is 20.1. The molecule has 0 amide bonds. The Balaban J connectivity index is 2.42. The van der Waals surface area contributed by atoms with Crippen LogP contribution in [0.2, 0.25) is 0 Å². The molecule has 1 fully saturated rings. The van der Waals surface area contributed by atoms with Gasteiger partial charge in [-0.25, -0.2) is 0 Å². The summed E-state index contributed by atoms with van der Waals surface area (Å²) in [7, 11) is 1.72. The summed E-state index contributed by atoms with van der Waals surface area (Å²) in [5.74, 6) is 0.988. The van der Waals surface area contributed by atoms with E-state index in [1.807, 2.05) is 0 Å². The maximum absolute atomic E-state index is 5.26. The highest BCUT2D eigenvalue weighted by atomic mass is 16.5. The highest BCUT2D eigenvalue weighted by Gasteiger charge is 2.24. The van der Waals surface area contributed by atoms with Crippen LogP contribution in [0.25, 0.3) is 0 Å². The summed E-state index contributed by atoms with van der Waals surface area (Å²) in [6, 6.07) is 4.92. The first-order valence-electron chi connectivity index (χ1n) is 4.61. The molecule has 2 rings (SSSR count). The van der Waals surface area contributed by atoms with Gasteiger partial charge in [0.2, 0.25) is 0 Å². The standard InChI is InChI=1S/C11H15NO/c1-7-5-11(13-3)8(2)4-9(7)10-6-12-10/h4-5,10,12H,6H2,1-3H3/t10-/m1/s1. The highest BCUT2D eigenvalue weighted by molar-refractivity contribution is 5.44. The van der Waals surface area contributed by atoms with Crippen molar-refractivity contribution in [1.29, 1.82) is 0 Å². The van der Waals surface area contributed by atoms with E-state index in [1.54, 1.807) is 7.11 Å². The van der Waals surface area contributed by atoms with Crippen LogP contribution in [0, 0.1) is 13.8 Å². The molecule has 0 aromatic heterocycles. The number of methoxy groups -OCH3 is 1. The Labute approximate surface area is 78.9 Å². The molecule has 0 aliphatic carbocycles. The molecule has 13 heavy (non-hydrogen) atoms. The molecule has 2 nitrogen and oxygen atoms in total. The second-order valence-corrected chi connectivity index (χ2v) is 3.64. The van der Waals surface area contributed by atoms with Crippen molar-refractivity contribution in [2.75, 3.05) is 13.7 Å². The van der Waals surface area contributed by atoms with Crippen molar-refractivity contribution >= 4 is 0 Å². The average molecular weight is 177 g/mol. The van der Waals surface area contributed by atoms with E-state index >= 15 is 0 Å². The fourth-order valence-electron chi connectivity index (χ4n) is 1.69. The number of rotatable bonds is 2. The lowest BCUT2D eigenvalue weighted by Gasteiger charge is -2.09. The van der Waals surface area contributed by atoms with Crippen LogP contribution in [0.15, 0.2) is 12.1 Å². The summed E-state index contributed by atoms with van der Waals surface area (Å²) >= 11 is 0. The lowest BCUT2D eigenvalue weighted by molar-refractivity contribution is 0.411. The molecule has 1 aromatic rings. The van der Waals surface area contributed by atoms with Gasteiger partial charge >= 0.3 is 0 Å². The van der Waals surface area contributed by atoms with Gasteiger partial charge in [-0.05, 0) is 36.6 Å². The van der Waals surface area contributed by atoms with Gasteiger partial charge in [0, 0.05) is 12.6 Å². The first-order chi connectivity index (χ1) is 6.22. The van der Waals surface area contributed by atoms with E-state index in [1.165, 1.54) is 16.7 Å². The monoisotopic (exact) mass is 177 g/mol. The largest absolute Gasteiger partial charge is 0.496 e. The van der Waals surface area contributed by atoms with Crippen molar-refractivity contribution in [2.45, 2.75) is 19.9 Å². The predicted molar refractivity (Wildman–Crippen MR) is 53.2 cm³/mol. The Kier molecular flexibility index (Phi) is 2.00. The van der Waals surface area contributed by atoms with Crippen molar-refractivity contribution < 1.29 is 4.74 Å². The van der Waals surface area contributed by atoms with Gasteiger partial charge in [0.1, 0.15) is 5.75 Å². The third-order valence-electron chi connectivity index (χ3n) is 2.57. The van der Waals surface area contributed by atoms with Crippen LogP contribution < -0.4 is 10.1 Å². The molecule has 1 aliphatic rings. The van der Waals surface area contributed by atoms with Crippen molar-refractivity contribution in [3.05, 3.63) is 28.8 Å². The second kappa shape index (κ2) is 3.04. The van der Waals surface area contributed by atoms with Crippen LogP contribution in [0.4, 0.5) is 0 Å². The molecule has 1 aromatic carbocycles. The van der Waals surface area contributed by atoms with E-state index in [9.17, 15) is 0 Å². The molecule has 2 heteroatoms. The van der Waals surface area contributed by atoms with Crippen LogP contribution >= 0.6 is 0 Å². The van der Waals surface area contributed by atoms with Gasteiger partial charge in [-0.15, -0.1) is 0 Å². The molecule has 1 aliphatic heterocycles. The zero-order valence-electron chi connectivity index (χ0n) is 8.35. The SMILES string of the molecule is COc1cc(C)c([C@H]2CN2)cc1C. The maximum Gasteiger partial charge on any atom is 0.122 e. The predicted octanol–water partition coefficient (Wildman–Crippen LogP) is 1.96. The van der Waals surface area contributed by atoms with Gasteiger partial charge in [0.15, 0.2) is 0 Å². The molecular formula is C11H15NO. The van der Waals surface area contributed by atoms with E-state index in [-0.39, 0.29) is 0 Å². The molecule has 0 saturated carbocycles. The van der Waals surface area contributed by atoms with E-state index in [0.717, 1.165) is 12.3 Å². The van der Waals surface area contributed by atoms with Gasteiger partial charge in [0.05, 0.1) is 7.11 Å². The van der Waals surface area contributed by atoms with Gasteiger partial charge in [-0.1, -0.05) is 6.07 Å². The van der Waals surface area contributed by atoms with E-state index in [0.29, 0.717) is 6.04 Å². The third kappa shape index (κ3) is 1.54. The van der Waals surface area contributed by atoms with Crippen LogP contribution in [0.5, 0.6) is 5.75 Å². The molecule has 1 N–H and O–H groups in total. The molecule has 0 spiro atoms. The molecule has 0 bridgehead atoms. The van der Waals surface area contributed by atoms with Crippen molar-refractivity contribution in [3.8, 4) is 5.75 Å². The Morgan fingerprint density at radius 3 is 2.54 bits per heavy atom. The van der Waals surface area contributed by atoms with E-state index in [4.69, 9.17) is 4.74 Å². The smallest absolute Gasteiger partial charge is 0.122 e. The fourth-order valence-corrected chi connectivity index (χ4v) is 1.69. The molecule has 0 unspecified atom stereocenters. The molecule has 1 saturated heterocycles. The van der Waals surface area contributed by atoms with E-state index < -0.39 is 0 Å². The molecule has 0 radical (unpaired) electrons. The van der Waals surface area contributed by atoms with Crippen LogP contribution in [0.1, 0.15) is 22.7 Å². The molecular weight excluding hydrogens is 162 g/mol. The minimum atomic E-state index is 0.588. The third-order valence-corrected chi connectivity index (χ3v) is 2.57. The average Bonchev–Trinajstić information content (AvgIpc) is 2.91. The van der Waals surface area contributed by atoms with Crippen molar-refractivity contribution in [2.24, 2.45) is 0 Å².